The highest BCUT2D eigenvalue weighted by Crippen LogP contribution is 2.19. The lowest BCUT2D eigenvalue weighted by atomic mass is 10.1. The van der Waals surface area contributed by atoms with E-state index in [2.05, 4.69) is 20.2 Å². The lowest BCUT2D eigenvalue weighted by molar-refractivity contribution is -0.154. The first-order valence-electron chi connectivity index (χ1n) is 6.95. The van der Waals surface area contributed by atoms with Gasteiger partial charge in [-0.15, -0.1) is 0 Å². The molecule has 2 rings (SSSR count). The van der Waals surface area contributed by atoms with E-state index in [1.54, 1.807) is 6.92 Å². The molecular weight excluding hydrogens is 286 g/mol. The second kappa shape index (κ2) is 7.35. The molecule has 0 aliphatic heterocycles. The minimum atomic E-state index is -0.895. The molecule has 0 unspecified atom stereocenters. The Bertz CT molecular complexity index is 666. The molecule has 0 aliphatic carbocycles. The van der Waals surface area contributed by atoms with Crippen LogP contribution in [0, 0.1) is 6.92 Å². The zero-order chi connectivity index (χ0) is 15.9. The van der Waals surface area contributed by atoms with E-state index >= 15 is 0 Å². The second-order valence-electron chi connectivity index (χ2n) is 4.55. The highest BCUT2D eigenvalue weighted by atomic mass is 16.5. The van der Waals surface area contributed by atoms with Crippen molar-refractivity contribution in [2.45, 2.75) is 20.3 Å². The zero-order valence-corrected chi connectivity index (χ0v) is 12.5. The molecule has 22 heavy (non-hydrogen) atoms. The number of hydrogen-bond acceptors (Lipinski definition) is 6. The Morgan fingerprint density at radius 1 is 1.32 bits per heavy atom. The van der Waals surface area contributed by atoms with Crippen molar-refractivity contribution in [1.29, 1.82) is 0 Å². The molecule has 2 aromatic rings. The SMILES string of the molecule is CCOC(=O)C(=O)NCCc1nc(-c2ccccc2C)no1. The number of aryl methyl sites for hydroxylation is 1. The van der Waals surface area contributed by atoms with Gasteiger partial charge in [-0.05, 0) is 19.4 Å². The molecule has 0 spiro atoms. The standard InChI is InChI=1S/C15H17N3O4/c1-3-21-15(20)14(19)16-9-8-12-17-13(18-22-12)11-7-5-4-6-10(11)2/h4-7H,3,8-9H2,1-2H3,(H,16,19). The lowest BCUT2D eigenvalue weighted by Crippen LogP contribution is -2.33. The number of carbonyl (C=O) groups is 2. The van der Waals surface area contributed by atoms with Crippen LogP contribution in [-0.4, -0.2) is 35.2 Å². The summed E-state index contributed by atoms with van der Waals surface area (Å²) in [7, 11) is 0. The first kappa shape index (κ1) is 15.7. The monoisotopic (exact) mass is 303 g/mol. The van der Waals surface area contributed by atoms with E-state index in [1.807, 2.05) is 31.2 Å². The van der Waals surface area contributed by atoms with Crippen molar-refractivity contribution in [1.82, 2.24) is 15.5 Å². The first-order valence-corrected chi connectivity index (χ1v) is 6.95. The largest absolute Gasteiger partial charge is 0.459 e. The Balaban J connectivity index is 1.89. The van der Waals surface area contributed by atoms with Crippen LogP contribution in [0.1, 0.15) is 18.4 Å². The molecule has 1 N–H and O–H groups in total. The Morgan fingerprint density at radius 3 is 2.82 bits per heavy atom. The summed E-state index contributed by atoms with van der Waals surface area (Å²) in [5.74, 6) is -0.777. The van der Waals surface area contributed by atoms with E-state index in [0.29, 0.717) is 18.1 Å². The van der Waals surface area contributed by atoms with Gasteiger partial charge in [0.25, 0.3) is 0 Å². The number of esters is 1. The topological polar surface area (TPSA) is 94.3 Å². The first-order chi connectivity index (χ1) is 10.6. The van der Waals surface area contributed by atoms with Crippen molar-refractivity contribution < 1.29 is 18.8 Å². The van der Waals surface area contributed by atoms with Gasteiger partial charge in [-0.2, -0.15) is 4.98 Å². The molecule has 1 amide bonds. The van der Waals surface area contributed by atoms with Gasteiger partial charge in [0.1, 0.15) is 0 Å². The van der Waals surface area contributed by atoms with Crippen molar-refractivity contribution in [3.8, 4) is 11.4 Å². The third kappa shape index (κ3) is 3.91. The maximum Gasteiger partial charge on any atom is 0.396 e. The van der Waals surface area contributed by atoms with Gasteiger partial charge >= 0.3 is 11.9 Å². The van der Waals surface area contributed by atoms with Gasteiger partial charge < -0.3 is 14.6 Å². The Morgan fingerprint density at radius 2 is 2.09 bits per heavy atom. The summed E-state index contributed by atoms with van der Waals surface area (Å²) in [5.41, 5.74) is 1.94. The predicted octanol–water partition coefficient (Wildman–Crippen LogP) is 1.27. The van der Waals surface area contributed by atoms with Gasteiger partial charge in [-0.3, -0.25) is 4.79 Å². The van der Waals surface area contributed by atoms with Crippen LogP contribution in [0.3, 0.4) is 0 Å². The number of carbonyl (C=O) groups excluding carboxylic acids is 2. The average Bonchev–Trinajstić information content (AvgIpc) is 2.96. The number of hydrogen-bond donors (Lipinski definition) is 1. The summed E-state index contributed by atoms with van der Waals surface area (Å²) in [6, 6.07) is 7.71. The molecule has 0 aliphatic rings. The molecule has 0 saturated heterocycles. The highest BCUT2D eigenvalue weighted by molar-refractivity contribution is 6.32. The van der Waals surface area contributed by atoms with Crippen molar-refractivity contribution in [3.63, 3.8) is 0 Å². The summed E-state index contributed by atoms with van der Waals surface area (Å²) < 4.78 is 9.71. The molecule has 0 bridgehead atoms. The minimum absolute atomic E-state index is 0.162. The minimum Gasteiger partial charge on any atom is -0.459 e. The summed E-state index contributed by atoms with van der Waals surface area (Å²) in [6.45, 7) is 3.98. The summed E-state index contributed by atoms with van der Waals surface area (Å²) in [6.07, 6.45) is 0.337. The van der Waals surface area contributed by atoms with Gasteiger partial charge in [0.15, 0.2) is 0 Å². The van der Waals surface area contributed by atoms with E-state index in [1.165, 1.54) is 0 Å². The van der Waals surface area contributed by atoms with Crippen LogP contribution in [0.15, 0.2) is 28.8 Å². The van der Waals surface area contributed by atoms with Crippen molar-refractivity contribution >= 4 is 11.9 Å². The molecule has 7 nitrogen and oxygen atoms in total. The predicted molar refractivity (Wildman–Crippen MR) is 77.8 cm³/mol. The quantitative estimate of drug-likeness (QED) is 0.660. The van der Waals surface area contributed by atoms with Gasteiger partial charge in [-0.25, -0.2) is 4.79 Å². The average molecular weight is 303 g/mol. The molecular formula is C15H17N3O4. The smallest absolute Gasteiger partial charge is 0.396 e. The van der Waals surface area contributed by atoms with Gasteiger partial charge in [0.05, 0.1) is 6.61 Å². The van der Waals surface area contributed by atoms with Crippen molar-refractivity contribution in [2.24, 2.45) is 0 Å². The molecule has 0 radical (unpaired) electrons. The third-order valence-electron chi connectivity index (χ3n) is 2.94. The number of benzene rings is 1. The van der Waals surface area contributed by atoms with Crippen LogP contribution in [0.25, 0.3) is 11.4 Å². The third-order valence-corrected chi connectivity index (χ3v) is 2.94. The molecule has 0 fully saturated rings. The second-order valence-corrected chi connectivity index (χ2v) is 4.55. The summed E-state index contributed by atoms with van der Waals surface area (Å²) in [5, 5.41) is 6.35. The maximum atomic E-state index is 11.3. The number of nitrogens with one attached hydrogen (secondary N) is 1. The number of aromatic nitrogens is 2. The van der Waals surface area contributed by atoms with Crippen LogP contribution in [0.2, 0.25) is 0 Å². The fourth-order valence-electron chi connectivity index (χ4n) is 1.84. The fourth-order valence-corrected chi connectivity index (χ4v) is 1.84. The van der Waals surface area contributed by atoms with Crippen LogP contribution in [0.5, 0.6) is 0 Å². The van der Waals surface area contributed by atoms with Crippen LogP contribution in [0.4, 0.5) is 0 Å². The normalized spacial score (nSPS) is 10.3. The number of nitrogens with zero attached hydrogens (tertiary/aromatic N) is 2. The number of ether oxygens (including phenoxy) is 1. The zero-order valence-electron chi connectivity index (χ0n) is 12.5. The van der Waals surface area contributed by atoms with Gasteiger partial charge in [-0.1, -0.05) is 29.4 Å². The van der Waals surface area contributed by atoms with Gasteiger partial charge in [0.2, 0.25) is 11.7 Å². The molecule has 0 atom stereocenters. The van der Waals surface area contributed by atoms with Crippen LogP contribution < -0.4 is 5.32 Å². The summed E-state index contributed by atoms with van der Waals surface area (Å²) >= 11 is 0. The molecule has 7 heteroatoms. The molecule has 1 heterocycles. The molecule has 1 aromatic carbocycles. The maximum absolute atomic E-state index is 11.3. The number of amides is 1. The van der Waals surface area contributed by atoms with E-state index in [-0.39, 0.29) is 13.2 Å². The van der Waals surface area contributed by atoms with Crippen LogP contribution in [-0.2, 0) is 20.7 Å². The Labute approximate surface area is 127 Å². The molecule has 1 aromatic heterocycles. The summed E-state index contributed by atoms with van der Waals surface area (Å²) in [4.78, 5) is 26.7. The van der Waals surface area contributed by atoms with E-state index in [0.717, 1.165) is 11.1 Å². The molecule has 0 saturated carbocycles. The fraction of sp³-hybridized carbons (Fsp3) is 0.333. The molecule has 116 valence electrons. The van der Waals surface area contributed by atoms with E-state index < -0.39 is 11.9 Å². The lowest BCUT2D eigenvalue weighted by Gasteiger charge is -2.02. The van der Waals surface area contributed by atoms with Crippen molar-refractivity contribution in [3.05, 3.63) is 35.7 Å². The van der Waals surface area contributed by atoms with E-state index in [9.17, 15) is 9.59 Å². The van der Waals surface area contributed by atoms with Crippen LogP contribution >= 0.6 is 0 Å². The van der Waals surface area contributed by atoms with E-state index in [4.69, 9.17) is 4.52 Å². The van der Waals surface area contributed by atoms with Crippen molar-refractivity contribution in [2.75, 3.05) is 13.2 Å². The highest BCUT2D eigenvalue weighted by Gasteiger charge is 2.15. The Kier molecular flexibility index (Phi) is 5.24. The Hall–Kier alpha value is -2.70. The number of rotatable bonds is 5. The van der Waals surface area contributed by atoms with Gasteiger partial charge in [0, 0.05) is 18.5 Å².